The number of carbonyl (C=O) groups excluding carboxylic acids is 1. The van der Waals surface area contributed by atoms with E-state index in [2.05, 4.69) is 4.98 Å². The van der Waals surface area contributed by atoms with Crippen LogP contribution < -0.4 is 0 Å². The summed E-state index contributed by atoms with van der Waals surface area (Å²) in [7, 11) is 3.78. The maximum absolute atomic E-state index is 12.3. The number of aliphatic hydroxyl groups excluding tert-OH is 1. The summed E-state index contributed by atoms with van der Waals surface area (Å²) in [5.41, 5.74) is 0.429. The molecule has 2 heterocycles. The molecule has 98 valence electrons. The molecular weight excluding hydrogens is 254 g/mol. The van der Waals surface area contributed by atoms with Crippen LogP contribution in [-0.4, -0.2) is 65.1 Å². The lowest BCUT2D eigenvalue weighted by Crippen LogP contribution is -2.38. The maximum Gasteiger partial charge on any atom is 0.255 e. The number of likely N-dealkylation sites (tertiary alicyclic amines) is 1. The summed E-state index contributed by atoms with van der Waals surface area (Å²) in [6, 6.07) is 1.56. The van der Waals surface area contributed by atoms with Crippen LogP contribution in [0.2, 0.25) is 5.02 Å². The van der Waals surface area contributed by atoms with Gasteiger partial charge in [-0.15, -0.1) is 0 Å². The van der Waals surface area contributed by atoms with E-state index in [9.17, 15) is 9.90 Å². The molecule has 1 saturated heterocycles. The fraction of sp³-hybridized carbons (Fsp3) is 0.500. The lowest BCUT2D eigenvalue weighted by Gasteiger charge is -2.21. The van der Waals surface area contributed by atoms with E-state index in [0.29, 0.717) is 23.7 Å². The molecule has 0 aromatic carbocycles. The van der Waals surface area contributed by atoms with Gasteiger partial charge in [0.2, 0.25) is 0 Å². The third-order valence-electron chi connectivity index (χ3n) is 3.21. The van der Waals surface area contributed by atoms with E-state index in [4.69, 9.17) is 11.6 Å². The number of amides is 1. The Labute approximate surface area is 111 Å². The molecule has 1 aromatic rings. The van der Waals surface area contributed by atoms with Gasteiger partial charge in [-0.25, -0.2) is 0 Å². The van der Waals surface area contributed by atoms with E-state index >= 15 is 0 Å². The van der Waals surface area contributed by atoms with Crippen molar-refractivity contribution >= 4 is 17.5 Å². The van der Waals surface area contributed by atoms with Crippen LogP contribution in [-0.2, 0) is 0 Å². The SMILES string of the molecule is CN(C)[C@H]1CN(C(=O)c2ccncc2Cl)C[C@@H]1O. The van der Waals surface area contributed by atoms with Crippen LogP contribution in [0.4, 0.5) is 0 Å². The van der Waals surface area contributed by atoms with E-state index in [-0.39, 0.29) is 11.9 Å². The highest BCUT2D eigenvalue weighted by Gasteiger charge is 2.35. The van der Waals surface area contributed by atoms with Crippen LogP contribution in [0, 0.1) is 0 Å². The number of hydrogen-bond donors (Lipinski definition) is 1. The Bertz CT molecular complexity index is 453. The Hall–Kier alpha value is -1.17. The molecule has 0 spiro atoms. The number of pyridine rings is 1. The lowest BCUT2D eigenvalue weighted by molar-refractivity contribution is 0.0764. The molecule has 1 aromatic heterocycles. The number of aromatic nitrogens is 1. The van der Waals surface area contributed by atoms with Gasteiger partial charge < -0.3 is 14.9 Å². The number of rotatable bonds is 2. The third-order valence-corrected chi connectivity index (χ3v) is 3.51. The van der Waals surface area contributed by atoms with Gasteiger partial charge >= 0.3 is 0 Å². The molecule has 6 heteroatoms. The minimum atomic E-state index is -0.524. The highest BCUT2D eigenvalue weighted by Crippen LogP contribution is 2.20. The fourth-order valence-corrected chi connectivity index (χ4v) is 2.36. The standard InChI is InChI=1S/C12H16ClN3O2/c1-15(2)10-6-16(7-11(10)17)12(18)8-3-4-14-5-9(8)13/h3-5,10-11,17H,6-7H2,1-2H3/t10-,11-/m0/s1. The molecule has 18 heavy (non-hydrogen) atoms. The molecule has 2 atom stereocenters. The first kappa shape index (κ1) is 13.3. The van der Waals surface area contributed by atoms with Crippen molar-refractivity contribution in [2.75, 3.05) is 27.2 Å². The smallest absolute Gasteiger partial charge is 0.255 e. The monoisotopic (exact) mass is 269 g/mol. The van der Waals surface area contributed by atoms with E-state index < -0.39 is 6.10 Å². The quantitative estimate of drug-likeness (QED) is 0.849. The number of aliphatic hydroxyl groups is 1. The molecule has 1 N–H and O–H groups in total. The normalized spacial score (nSPS) is 23.7. The molecular formula is C12H16ClN3O2. The molecule has 0 bridgehead atoms. The Morgan fingerprint density at radius 2 is 2.28 bits per heavy atom. The van der Waals surface area contributed by atoms with Crippen molar-refractivity contribution in [3.05, 3.63) is 29.0 Å². The van der Waals surface area contributed by atoms with Gasteiger partial charge in [-0.3, -0.25) is 9.78 Å². The molecule has 1 amide bonds. The molecule has 0 saturated carbocycles. The molecule has 1 fully saturated rings. The molecule has 0 radical (unpaired) electrons. The summed E-state index contributed by atoms with van der Waals surface area (Å²) in [4.78, 5) is 19.7. The zero-order valence-electron chi connectivity index (χ0n) is 10.4. The fourth-order valence-electron chi connectivity index (χ4n) is 2.16. The van der Waals surface area contributed by atoms with Crippen LogP contribution in [0.3, 0.4) is 0 Å². The van der Waals surface area contributed by atoms with Crippen LogP contribution in [0.1, 0.15) is 10.4 Å². The van der Waals surface area contributed by atoms with Gasteiger partial charge in [0.15, 0.2) is 0 Å². The number of nitrogens with zero attached hydrogens (tertiary/aromatic N) is 3. The van der Waals surface area contributed by atoms with Crippen molar-refractivity contribution in [3.8, 4) is 0 Å². The summed E-state index contributed by atoms with van der Waals surface area (Å²) < 4.78 is 0. The van der Waals surface area contributed by atoms with Gasteiger partial charge in [0, 0.05) is 25.5 Å². The molecule has 5 nitrogen and oxygen atoms in total. The summed E-state index contributed by atoms with van der Waals surface area (Å²) in [6.45, 7) is 0.839. The largest absolute Gasteiger partial charge is 0.390 e. The number of hydrogen-bond acceptors (Lipinski definition) is 4. The van der Waals surface area contributed by atoms with Gasteiger partial charge in [-0.1, -0.05) is 11.6 Å². The summed E-state index contributed by atoms with van der Waals surface area (Å²) >= 11 is 5.95. The van der Waals surface area contributed by atoms with Crippen molar-refractivity contribution in [3.63, 3.8) is 0 Å². The van der Waals surface area contributed by atoms with Crippen molar-refractivity contribution in [2.45, 2.75) is 12.1 Å². The molecule has 0 aliphatic carbocycles. The minimum Gasteiger partial charge on any atom is -0.390 e. The lowest BCUT2D eigenvalue weighted by atomic mass is 10.2. The highest BCUT2D eigenvalue weighted by molar-refractivity contribution is 6.33. The second-order valence-corrected chi connectivity index (χ2v) is 5.07. The average molecular weight is 270 g/mol. The van der Waals surface area contributed by atoms with Gasteiger partial charge in [-0.05, 0) is 20.2 Å². The van der Waals surface area contributed by atoms with E-state index in [1.165, 1.54) is 12.4 Å². The summed E-state index contributed by atoms with van der Waals surface area (Å²) in [6.07, 6.45) is 2.46. The second kappa shape index (κ2) is 5.22. The number of halogens is 1. The van der Waals surface area contributed by atoms with Crippen molar-refractivity contribution in [1.29, 1.82) is 0 Å². The second-order valence-electron chi connectivity index (χ2n) is 4.66. The topological polar surface area (TPSA) is 56.7 Å². The number of carbonyl (C=O) groups is 1. The summed E-state index contributed by atoms with van der Waals surface area (Å²) in [5, 5.41) is 10.3. The predicted molar refractivity (Wildman–Crippen MR) is 68.6 cm³/mol. The van der Waals surface area contributed by atoms with Crippen LogP contribution in [0.25, 0.3) is 0 Å². The Morgan fingerprint density at radius 1 is 1.56 bits per heavy atom. The first-order valence-corrected chi connectivity index (χ1v) is 6.11. The van der Waals surface area contributed by atoms with E-state index in [1.807, 2.05) is 19.0 Å². The molecule has 2 rings (SSSR count). The molecule has 1 aliphatic rings. The average Bonchev–Trinajstić information content (AvgIpc) is 2.71. The van der Waals surface area contributed by atoms with Gasteiger partial charge in [0.25, 0.3) is 5.91 Å². The number of likely N-dealkylation sites (N-methyl/N-ethyl adjacent to an activating group) is 1. The predicted octanol–water partition coefficient (Wildman–Crippen LogP) is 0.482. The minimum absolute atomic E-state index is 0.0328. The Kier molecular flexibility index (Phi) is 3.85. The van der Waals surface area contributed by atoms with Crippen LogP contribution in [0.15, 0.2) is 18.5 Å². The third kappa shape index (κ3) is 2.48. The van der Waals surface area contributed by atoms with Gasteiger partial charge in [-0.2, -0.15) is 0 Å². The maximum atomic E-state index is 12.3. The first-order valence-electron chi connectivity index (χ1n) is 5.74. The van der Waals surface area contributed by atoms with Crippen molar-refractivity contribution in [1.82, 2.24) is 14.8 Å². The van der Waals surface area contributed by atoms with Crippen molar-refractivity contribution in [2.24, 2.45) is 0 Å². The van der Waals surface area contributed by atoms with E-state index in [1.54, 1.807) is 11.0 Å². The zero-order valence-corrected chi connectivity index (χ0v) is 11.1. The first-order chi connectivity index (χ1) is 8.50. The Balaban J connectivity index is 2.15. The van der Waals surface area contributed by atoms with Gasteiger partial charge in [0.1, 0.15) is 0 Å². The zero-order chi connectivity index (χ0) is 13.3. The molecule has 0 unspecified atom stereocenters. The molecule has 1 aliphatic heterocycles. The van der Waals surface area contributed by atoms with Crippen molar-refractivity contribution < 1.29 is 9.90 Å². The van der Waals surface area contributed by atoms with Crippen LogP contribution >= 0.6 is 11.6 Å². The van der Waals surface area contributed by atoms with E-state index in [0.717, 1.165) is 0 Å². The van der Waals surface area contributed by atoms with Crippen LogP contribution in [0.5, 0.6) is 0 Å². The highest BCUT2D eigenvalue weighted by atomic mass is 35.5. The Morgan fingerprint density at radius 3 is 2.83 bits per heavy atom. The summed E-state index contributed by atoms with van der Waals surface area (Å²) in [5.74, 6) is -0.161. The van der Waals surface area contributed by atoms with Gasteiger partial charge in [0.05, 0.1) is 22.7 Å². The number of β-amino-alcohol motifs (C(OH)–C–C–N with tert-alkyl or cyclic N) is 1.